The highest BCUT2D eigenvalue weighted by molar-refractivity contribution is 5.96. The van der Waals surface area contributed by atoms with Crippen LogP contribution < -0.4 is 0 Å². The molecule has 2 unspecified atom stereocenters. The number of fused-ring (bicyclic) bond motifs is 2. The molecule has 2 aliphatic heterocycles. The summed E-state index contributed by atoms with van der Waals surface area (Å²) in [6, 6.07) is 9.41. The van der Waals surface area contributed by atoms with Gasteiger partial charge in [0.05, 0.1) is 25.3 Å². The molecule has 2 heterocycles. The number of amides is 1. The van der Waals surface area contributed by atoms with Gasteiger partial charge in [-0.25, -0.2) is 4.79 Å². The summed E-state index contributed by atoms with van der Waals surface area (Å²) < 4.78 is 11.1. The van der Waals surface area contributed by atoms with Gasteiger partial charge in [0.1, 0.15) is 6.61 Å². The van der Waals surface area contributed by atoms with Crippen LogP contribution in [0.25, 0.3) is 0 Å². The zero-order valence-corrected chi connectivity index (χ0v) is 13.9. The maximum Gasteiger partial charge on any atom is 0.410 e. The Morgan fingerprint density at radius 3 is 2.42 bits per heavy atom. The lowest BCUT2D eigenvalue weighted by Gasteiger charge is -2.47. The van der Waals surface area contributed by atoms with E-state index in [1.165, 1.54) is 0 Å². The van der Waals surface area contributed by atoms with Gasteiger partial charge in [-0.15, -0.1) is 0 Å². The lowest BCUT2D eigenvalue weighted by atomic mass is 9.81. The van der Waals surface area contributed by atoms with Crippen molar-refractivity contribution in [3.8, 4) is 0 Å². The molecule has 2 aliphatic rings. The average Bonchev–Trinajstić information content (AvgIpc) is 2.58. The molecule has 2 bridgehead atoms. The number of carbonyl (C=O) groups excluding carboxylic acids is 2. The van der Waals surface area contributed by atoms with Crippen molar-refractivity contribution in [1.29, 1.82) is 0 Å². The van der Waals surface area contributed by atoms with Crippen LogP contribution in [0.2, 0.25) is 0 Å². The van der Waals surface area contributed by atoms with Crippen molar-refractivity contribution >= 4 is 11.9 Å². The summed E-state index contributed by atoms with van der Waals surface area (Å²) >= 11 is 0. The highest BCUT2D eigenvalue weighted by Gasteiger charge is 2.44. The molecule has 1 aromatic rings. The molecule has 0 N–H and O–H groups in total. The minimum Gasteiger partial charge on any atom is -0.445 e. The first-order valence-electron chi connectivity index (χ1n) is 8.32. The largest absolute Gasteiger partial charge is 0.445 e. The molecule has 0 saturated carbocycles. The van der Waals surface area contributed by atoms with Crippen LogP contribution in [0, 0.1) is 5.92 Å². The minimum absolute atomic E-state index is 0.0698. The van der Waals surface area contributed by atoms with E-state index in [0.717, 1.165) is 5.56 Å². The first kappa shape index (κ1) is 16.7. The van der Waals surface area contributed by atoms with Crippen molar-refractivity contribution in [1.82, 2.24) is 4.90 Å². The monoisotopic (exact) mass is 329 g/mol. The summed E-state index contributed by atoms with van der Waals surface area (Å²) in [5, 5.41) is 0. The summed E-state index contributed by atoms with van der Waals surface area (Å²) in [5.41, 5.74) is 1.54. The maximum atomic E-state index is 12.5. The van der Waals surface area contributed by atoms with E-state index in [9.17, 15) is 9.59 Å². The fourth-order valence-corrected chi connectivity index (χ4v) is 3.57. The lowest BCUT2D eigenvalue weighted by molar-refractivity contribution is -0.127. The van der Waals surface area contributed by atoms with E-state index in [1.54, 1.807) is 11.8 Å². The molecule has 2 atom stereocenters. The fourth-order valence-electron chi connectivity index (χ4n) is 3.57. The fraction of sp³-hybridized carbons (Fsp3) is 0.474. The van der Waals surface area contributed by atoms with Gasteiger partial charge in [0.2, 0.25) is 0 Å². The molecule has 128 valence electrons. The Balaban J connectivity index is 1.64. The van der Waals surface area contributed by atoms with Crippen LogP contribution in [0.1, 0.15) is 25.3 Å². The third-order valence-corrected chi connectivity index (χ3v) is 4.73. The third kappa shape index (κ3) is 3.51. The average molecular weight is 329 g/mol. The van der Waals surface area contributed by atoms with Crippen molar-refractivity contribution in [3.05, 3.63) is 48.0 Å². The summed E-state index contributed by atoms with van der Waals surface area (Å²) in [6.45, 7) is 6.67. The number of morpholine rings is 1. The first-order chi connectivity index (χ1) is 11.6. The molecule has 5 nitrogen and oxygen atoms in total. The number of ketones is 1. The predicted molar refractivity (Wildman–Crippen MR) is 89.4 cm³/mol. The SMILES string of the molecule is C=C(C)C(=O)C1CC2COCC(C1)N2C(=O)OCc1ccccc1. The zero-order valence-electron chi connectivity index (χ0n) is 13.9. The Kier molecular flexibility index (Phi) is 5.00. The van der Waals surface area contributed by atoms with Gasteiger partial charge in [-0.1, -0.05) is 36.9 Å². The quantitative estimate of drug-likeness (QED) is 0.797. The van der Waals surface area contributed by atoms with E-state index < -0.39 is 0 Å². The molecule has 0 aromatic heterocycles. The van der Waals surface area contributed by atoms with E-state index in [2.05, 4.69) is 6.58 Å². The van der Waals surface area contributed by atoms with E-state index >= 15 is 0 Å². The van der Waals surface area contributed by atoms with Gasteiger partial charge in [0.25, 0.3) is 0 Å². The summed E-state index contributed by atoms with van der Waals surface area (Å²) in [7, 11) is 0. The second kappa shape index (κ2) is 7.18. The maximum absolute atomic E-state index is 12.5. The molecule has 24 heavy (non-hydrogen) atoms. The van der Waals surface area contributed by atoms with Gasteiger partial charge in [0, 0.05) is 5.92 Å². The summed E-state index contributed by atoms with van der Waals surface area (Å²) in [6.07, 6.45) is 0.906. The Hall–Kier alpha value is -2.14. The highest BCUT2D eigenvalue weighted by Crippen LogP contribution is 2.33. The van der Waals surface area contributed by atoms with Crippen LogP contribution in [-0.4, -0.2) is 42.1 Å². The second-order valence-corrected chi connectivity index (χ2v) is 6.61. The summed E-state index contributed by atoms with van der Waals surface area (Å²) in [4.78, 5) is 26.6. The van der Waals surface area contributed by atoms with Crippen molar-refractivity contribution in [2.24, 2.45) is 5.92 Å². The standard InChI is InChI=1S/C19H23NO4/c1-13(2)18(21)15-8-16-11-23-12-17(9-15)20(16)19(22)24-10-14-6-4-3-5-7-14/h3-7,15-17H,1,8-12H2,2H3. The number of nitrogens with zero attached hydrogens (tertiary/aromatic N) is 1. The van der Waals surface area contributed by atoms with Crippen LogP contribution in [-0.2, 0) is 20.9 Å². The third-order valence-electron chi connectivity index (χ3n) is 4.73. The predicted octanol–water partition coefficient (Wildman–Crippen LogP) is 2.95. The van der Waals surface area contributed by atoms with Crippen LogP contribution in [0.15, 0.2) is 42.5 Å². The molecule has 5 heteroatoms. The van der Waals surface area contributed by atoms with Gasteiger partial charge in [0.15, 0.2) is 5.78 Å². The van der Waals surface area contributed by atoms with E-state index in [0.29, 0.717) is 31.6 Å². The first-order valence-corrected chi connectivity index (χ1v) is 8.32. The highest BCUT2D eigenvalue weighted by atomic mass is 16.6. The topological polar surface area (TPSA) is 55.8 Å². The van der Waals surface area contributed by atoms with Gasteiger partial charge >= 0.3 is 6.09 Å². The molecular formula is C19H23NO4. The number of allylic oxidation sites excluding steroid dienone is 1. The number of benzene rings is 1. The summed E-state index contributed by atoms with van der Waals surface area (Å²) in [5.74, 6) is 0.0313. The Morgan fingerprint density at radius 1 is 1.21 bits per heavy atom. The molecule has 1 amide bonds. The number of hydrogen-bond acceptors (Lipinski definition) is 4. The van der Waals surface area contributed by atoms with Gasteiger partial charge < -0.3 is 9.47 Å². The molecule has 0 radical (unpaired) electrons. The van der Waals surface area contributed by atoms with Crippen LogP contribution >= 0.6 is 0 Å². The number of rotatable bonds is 4. The van der Waals surface area contributed by atoms with E-state index in [-0.39, 0.29) is 36.5 Å². The minimum atomic E-state index is -0.321. The van der Waals surface area contributed by atoms with Crippen molar-refractivity contribution in [3.63, 3.8) is 0 Å². The molecule has 0 spiro atoms. The molecule has 2 fully saturated rings. The molecule has 0 aliphatic carbocycles. The number of Topliss-reactive ketones (excluding diaryl/α,β-unsaturated/α-hetero) is 1. The molecule has 1 aromatic carbocycles. The number of piperidine rings is 1. The second-order valence-electron chi connectivity index (χ2n) is 6.61. The van der Waals surface area contributed by atoms with Crippen molar-refractivity contribution in [2.75, 3.05) is 13.2 Å². The van der Waals surface area contributed by atoms with E-state index in [4.69, 9.17) is 9.47 Å². The van der Waals surface area contributed by atoms with E-state index in [1.807, 2.05) is 30.3 Å². The number of hydrogen-bond donors (Lipinski definition) is 0. The number of carbonyl (C=O) groups is 2. The Bertz CT molecular complexity index is 614. The Morgan fingerprint density at radius 2 is 1.83 bits per heavy atom. The lowest BCUT2D eigenvalue weighted by Crippen LogP contribution is -2.60. The molecule has 3 rings (SSSR count). The molecule has 2 saturated heterocycles. The van der Waals surface area contributed by atoms with Gasteiger partial charge in [-0.3, -0.25) is 9.69 Å². The van der Waals surface area contributed by atoms with Crippen molar-refractivity contribution in [2.45, 2.75) is 38.5 Å². The zero-order chi connectivity index (χ0) is 17.1. The van der Waals surface area contributed by atoms with Crippen LogP contribution in [0.3, 0.4) is 0 Å². The van der Waals surface area contributed by atoms with Crippen LogP contribution in [0.5, 0.6) is 0 Å². The van der Waals surface area contributed by atoms with Crippen LogP contribution in [0.4, 0.5) is 4.79 Å². The smallest absolute Gasteiger partial charge is 0.410 e. The van der Waals surface area contributed by atoms with Gasteiger partial charge in [-0.05, 0) is 30.9 Å². The van der Waals surface area contributed by atoms with Gasteiger partial charge in [-0.2, -0.15) is 0 Å². The normalized spacial score (nSPS) is 25.9. The Labute approximate surface area is 142 Å². The molecular weight excluding hydrogens is 306 g/mol. The van der Waals surface area contributed by atoms with Crippen molar-refractivity contribution < 1.29 is 19.1 Å². The number of ether oxygens (including phenoxy) is 2.